The minimum absolute atomic E-state index is 0.844. The zero-order valence-electron chi connectivity index (χ0n) is 9.20. The van der Waals surface area contributed by atoms with Crippen molar-refractivity contribution in [2.24, 2.45) is 0 Å². The Morgan fingerprint density at radius 3 is 2.62 bits per heavy atom. The molecule has 0 unspecified atom stereocenters. The Kier molecular flexibility index (Phi) is 3.25. The van der Waals surface area contributed by atoms with Crippen LogP contribution in [0.2, 0.25) is 0 Å². The molecule has 0 bridgehead atoms. The van der Waals surface area contributed by atoms with Crippen LogP contribution in [0.3, 0.4) is 0 Å². The molecule has 0 spiro atoms. The van der Waals surface area contributed by atoms with E-state index in [1.165, 1.54) is 0 Å². The van der Waals surface area contributed by atoms with E-state index in [-0.39, 0.29) is 0 Å². The summed E-state index contributed by atoms with van der Waals surface area (Å²) in [4.78, 5) is 4.04. The minimum Gasteiger partial charge on any atom is -0.457 e. The fraction of sp³-hybridized carbons (Fsp3) is 0.154. The fourth-order valence-electron chi connectivity index (χ4n) is 1.38. The number of benzene rings is 1. The van der Waals surface area contributed by atoms with E-state index in [0.29, 0.717) is 0 Å². The maximum atomic E-state index is 5.85. The summed E-state index contributed by atoms with van der Waals surface area (Å²) >= 11 is 3.44. The molecule has 1 aromatic carbocycles. The molecule has 2 nitrogen and oxygen atoms in total. The van der Waals surface area contributed by atoms with Gasteiger partial charge >= 0.3 is 0 Å². The molecule has 2 aromatic rings. The lowest BCUT2D eigenvalue weighted by Crippen LogP contribution is -1.90. The average molecular weight is 278 g/mol. The number of nitrogens with zero attached hydrogens (tertiary/aromatic N) is 1. The summed E-state index contributed by atoms with van der Waals surface area (Å²) in [6.07, 6.45) is 3.53. The van der Waals surface area contributed by atoms with Gasteiger partial charge in [0.1, 0.15) is 11.5 Å². The molecule has 0 saturated heterocycles. The smallest absolute Gasteiger partial charge is 0.133 e. The first kappa shape index (κ1) is 11.1. The van der Waals surface area contributed by atoms with Crippen molar-refractivity contribution in [3.63, 3.8) is 0 Å². The summed E-state index contributed by atoms with van der Waals surface area (Å²) < 4.78 is 6.86. The molecule has 2 rings (SSSR count). The molecule has 0 atom stereocenters. The second-order valence-corrected chi connectivity index (χ2v) is 4.57. The van der Waals surface area contributed by atoms with Crippen molar-refractivity contribution in [2.45, 2.75) is 13.8 Å². The summed E-state index contributed by atoms with van der Waals surface area (Å²) in [5.41, 5.74) is 2.14. The molecule has 0 fully saturated rings. The molecule has 0 N–H and O–H groups in total. The van der Waals surface area contributed by atoms with Gasteiger partial charge in [0.2, 0.25) is 0 Å². The Bertz CT molecular complexity index is 511. The van der Waals surface area contributed by atoms with Crippen LogP contribution in [0.4, 0.5) is 0 Å². The van der Waals surface area contributed by atoms with Gasteiger partial charge in [-0.15, -0.1) is 0 Å². The molecule has 0 saturated carbocycles. The number of pyridine rings is 1. The highest BCUT2D eigenvalue weighted by Crippen LogP contribution is 2.29. The molecule has 0 amide bonds. The Balaban J connectivity index is 2.34. The van der Waals surface area contributed by atoms with Crippen molar-refractivity contribution in [2.75, 3.05) is 0 Å². The highest BCUT2D eigenvalue weighted by Gasteiger charge is 2.04. The number of aryl methyl sites for hydroxylation is 2. The summed E-state index contributed by atoms with van der Waals surface area (Å²) in [6, 6.07) is 7.86. The predicted octanol–water partition coefficient (Wildman–Crippen LogP) is 4.25. The molecule has 0 aliphatic rings. The Hall–Kier alpha value is -1.35. The van der Waals surface area contributed by atoms with Gasteiger partial charge in [-0.25, -0.2) is 0 Å². The first-order valence-electron chi connectivity index (χ1n) is 5.01. The van der Waals surface area contributed by atoms with E-state index in [1.54, 1.807) is 12.4 Å². The first-order chi connectivity index (χ1) is 7.66. The van der Waals surface area contributed by atoms with Crippen molar-refractivity contribution in [3.05, 3.63) is 52.3 Å². The zero-order valence-corrected chi connectivity index (χ0v) is 10.8. The van der Waals surface area contributed by atoms with Crippen LogP contribution in [0.5, 0.6) is 11.5 Å². The summed E-state index contributed by atoms with van der Waals surface area (Å²) in [7, 11) is 0. The van der Waals surface area contributed by atoms with Crippen molar-refractivity contribution >= 4 is 15.9 Å². The van der Waals surface area contributed by atoms with Gasteiger partial charge in [-0.1, -0.05) is 22.0 Å². The third kappa shape index (κ3) is 2.42. The van der Waals surface area contributed by atoms with Crippen LogP contribution in [-0.2, 0) is 0 Å². The number of rotatable bonds is 2. The van der Waals surface area contributed by atoms with Gasteiger partial charge in [0.05, 0.1) is 0 Å². The van der Waals surface area contributed by atoms with Crippen molar-refractivity contribution in [1.82, 2.24) is 4.98 Å². The summed E-state index contributed by atoms with van der Waals surface area (Å²) in [6.45, 7) is 4.01. The molecule has 0 aliphatic carbocycles. The van der Waals surface area contributed by atoms with Crippen LogP contribution < -0.4 is 4.74 Å². The molecule has 3 heteroatoms. The van der Waals surface area contributed by atoms with Crippen LogP contribution in [0.15, 0.2) is 41.1 Å². The van der Waals surface area contributed by atoms with E-state index >= 15 is 0 Å². The van der Waals surface area contributed by atoms with E-state index in [1.807, 2.05) is 38.1 Å². The molecule has 82 valence electrons. The van der Waals surface area contributed by atoms with Gasteiger partial charge in [0.15, 0.2) is 0 Å². The number of aromatic nitrogens is 1. The quantitative estimate of drug-likeness (QED) is 0.819. The molecule has 16 heavy (non-hydrogen) atoms. The molecule has 1 aromatic heterocycles. The van der Waals surface area contributed by atoms with E-state index in [9.17, 15) is 0 Å². The topological polar surface area (TPSA) is 22.1 Å². The lowest BCUT2D eigenvalue weighted by Gasteiger charge is -2.10. The maximum absolute atomic E-state index is 5.85. The Labute approximate surface area is 103 Å². The van der Waals surface area contributed by atoms with E-state index < -0.39 is 0 Å². The van der Waals surface area contributed by atoms with E-state index in [2.05, 4.69) is 20.9 Å². The van der Waals surface area contributed by atoms with Crippen molar-refractivity contribution in [3.8, 4) is 11.5 Å². The molecule has 0 aliphatic heterocycles. The lowest BCUT2D eigenvalue weighted by atomic mass is 10.2. The summed E-state index contributed by atoms with van der Waals surface area (Å²) in [5, 5.41) is 0. The van der Waals surface area contributed by atoms with Gasteiger partial charge in [-0.05, 0) is 37.6 Å². The largest absolute Gasteiger partial charge is 0.457 e. The maximum Gasteiger partial charge on any atom is 0.133 e. The number of halogens is 1. The van der Waals surface area contributed by atoms with Gasteiger partial charge < -0.3 is 4.74 Å². The SMILES string of the molecule is Cc1cnccc1Oc1cc(Br)ccc1C. The fourth-order valence-corrected chi connectivity index (χ4v) is 1.72. The van der Waals surface area contributed by atoms with Crippen LogP contribution in [0.25, 0.3) is 0 Å². The van der Waals surface area contributed by atoms with Gasteiger partial charge in [0, 0.05) is 22.4 Å². The number of ether oxygens (including phenoxy) is 1. The second-order valence-electron chi connectivity index (χ2n) is 3.65. The molecule has 1 heterocycles. The predicted molar refractivity (Wildman–Crippen MR) is 67.9 cm³/mol. The van der Waals surface area contributed by atoms with Crippen LogP contribution in [-0.4, -0.2) is 4.98 Å². The molecule has 0 radical (unpaired) electrons. The van der Waals surface area contributed by atoms with Gasteiger partial charge in [-0.3, -0.25) is 4.98 Å². The third-order valence-corrected chi connectivity index (χ3v) is 2.83. The summed E-state index contributed by atoms with van der Waals surface area (Å²) in [5.74, 6) is 1.71. The van der Waals surface area contributed by atoms with Gasteiger partial charge in [0.25, 0.3) is 0 Å². The third-order valence-electron chi connectivity index (χ3n) is 2.34. The monoisotopic (exact) mass is 277 g/mol. The highest BCUT2D eigenvalue weighted by atomic mass is 79.9. The van der Waals surface area contributed by atoms with E-state index in [4.69, 9.17) is 4.74 Å². The minimum atomic E-state index is 0.844. The van der Waals surface area contributed by atoms with Crippen LogP contribution in [0, 0.1) is 13.8 Å². The molecular formula is C13H12BrNO. The normalized spacial score (nSPS) is 10.2. The number of hydrogen-bond acceptors (Lipinski definition) is 2. The first-order valence-corrected chi connectivity index (χ1v) is 5.81. The second kappa shape index (κ2) is 4.66. The van der Waals surface area contributed by atoms with E-state index in [0.717, 1.165) is 27.1 Å². The number of hydrogen-bond donors (Lipinski definition) is 0. The molecular weight excluding hydrogens is 266 g/mol. The van der Waals surface area contributed by atoms with Crippen LogP contribution >= 0.6 is 15.9 Å². The Morgan fingerprint density at radius 2 is 1.88 bits per heavy atom. The average Bonchev–Trinajstić information content (AvgIpc) is 2.27. The highest BCUT2D eigenvalue weighted by molar-refractivity contribution is 9.10. The Morgan fingerprint density at radius 1 is 1.06 bits per heavy atom. The van der Waals surface area contributed by atoms with Crippen molar-refractivity contribution in [1.29, 1.82) is 0 Å². The standard InChI is InChI=1S/C13H12BrNO/c1-9-3-4-11(14)7-13(9)16-12-5-6-15-8-10(12)2/h3-8H,1-2H3. The van der Waals surface area contributed by atoms with Crippen molar-refractivity contribution < 1.29 is 4.74 Å². The van der Waals surface area contributed by atoms with Gasteiger partial charge in [-0.2, -0.15) is 0 Å². The lowest BCUT2D eigenvalue weighted by molar-refractivity contribution is 0.474. The van der Waals surface area contributed by atoms with Crippen LogP contribution in [0.1, 0.15) is 11.1 Å². The zero-order chi connectivity index (χ0) is 11.5.